The molecule has 0 saturated carbocycles. The summed E-state index contributed by atoms with van der Waals surface area (Å²) in [6.07, 6.45) is 0. The summed E-state index contributed by atoms with van der Waals surface area (Å²) in [7, 11) is -3.80. The van der Waals surface area contributed by atoms with Crippen LogP contribution in [0.15, 0.2) is 63.2 Å². The second-order valence-corrected chi connectivity index (χ2v) is 8.33. The smallest absolute Gasteiger partial charge is 0.286 e. The van der Waals surface area contributed by atoms with E-state index in [9.17, 15) is 18.3 Å². The van der Waals surface area contributed by atoms with Crippen molar-refractivity contribution in [2.24, 2.45) is 4.40 Å². The number of hydrogen-bond donors (Lipinski definition) is 3. The summed E-state index contributed by atoms with van der Waals surface area (Å²) in [5.74, 6) is -0.168. The molecular formula is C18H14N4O4S2. The summed E-state index contributed by atoms with van der Waals surface area (Å²) in [6, 6.07) is 12.9. The molecule has 142 valence electrons. The number of rotatable bonds is 4. The molecule has 8 nitrogen and oxygen atoms in total. The summed E-state index contributed by atoms with van der Waals surface area (Å²) in [4.78, 5) is 16.7. The zero-order chi connectivity index (χ0) is 19.7. The molecule has 0 unspecified atom stereocenters. The highest BCUT2D eigenvalue weighted by atomic mass is 32.2. The highest BCUT2D eigenvalue weighted by Gasteiger charge is 2.24. The number of amidine groups is 1. The summed E-state index contributed by atoms with van der Waals surface area (Å²) in [5.41, 5.74) is 1.42. The molecule has 0 spiro atoms. The van der Waals surface area contributed by atoms with Crippen molar-refractivity contribution in [2.75, 3.05) is 11.9 Å². The van der Waals surface area contributed by atoms with E-state index in [0.29, 0.717) is 10.7 Å². The van der Waals surface area contributed by atoms with Crippen molar-refractivity contribution in [3.63, 3.8) is 0 Å². The van der Waals surface area contributed by atoms with Crippen LogP contribution in [0, 0.1) is 0 Å². The summed E-state index contributed by atoms with van der Waals surface area (Å²) in [5, 5.41) is 17.1. The number of benzene rings is 2. The molecule has 1 amide bonds. The first-order valence-electron chi connectivity index (χ1n) is 8.15. The Morgan fingerprint density at radius 2 is 1.89 bits per heavy atom. The number of anilines is 1. The lowest BCUT2D eigenvalue weighted by Crippen LogP contribution is -2.35. The Morgan fingerprint density at radius 1 is 1.14 bits per heavy atom. The number of aromatic hydroxyl groups is 1. The van der Waals surface area contributed by atoms with Crippen molar-refractivity contribution in [1.29, 1.82) is 0 Å². The van der Waals surface area contributed by atoms with Crippen LogP contribution in [0.25, 0.3) is 10.6 Å². The molecule has 10 heteroatoms. The standard InChI is InChI=1S/C18H14N4O4S2/c23-12-7-5-11(6-8-12)18-21-14(10-27-18)17(24)19-9-16-20-13-3-1-2-4-15(13)28(25,26)22-16/h1-8,10,23H,9H2,(H,19,24)(H,20,22). The van der Waals surface area contributed by atoms with Gasteiger partial charge in [-0.05, 0) is 36.4 Å². The van der Waals surface area contributed by atoms with Crippen LogP contribution in [0.4, 0.5) is 5.69 Å². The van der Waals surface area contributed by atoms with E-state index in [1.807, 2.05) is 0 Å². The molecule has 28 heavy (non-hydrogen) atoms. The lowest BCUT2D eigenvalue weighted by atomic mass is 10.2. The van der Waals surface area contributed by atoms with E-state index >= 15 is 0 Å². The van der Waals surface area contributed by atoms with Gasteiger partial charge in [0.25, 0.3) is 15.9 Å². The Kier molecular flexibility index (Phi) is 4.57. The Hall–Kier alpha value is -3.24. The molecule has 3 aromatic rings. The minimum atomic E-state index is -3.80. The molecule has 0 fully saturated rings. The molecule has 0 aliphatic carbocycles. The van der Waals surface area contributed by atoms with E-state index < -0.39 is 15.9 Å². The molecule has 1 aliphatic rings. The topological polar surface area (TPSA) is 121 Å². The van der Waals surface area contributed by atoms with Crippen molar-refractivity contribution in [1.82, 2.24) is 10.3 Å². The normalized spacial score (nSPS) is 14.5. The van der Waals surface area contributed by atoms with E-state index in [2.05, 4.69) is 20.0 Å². The number of carbonyl (C=O) groups excluding carboxylic acids is 1. The van der Waals surface area contributed by atoms with Gasteiger partial charge in [0.05, 0.1) is 12.2 Å². The number of phenolic OH excluding ortho intramolecular Hbond substituents is 1. The van der Waals surface area contributed by atoms with Gasteiger partial charge in [-0.25, -0.2) is 4.98 Å². The highest BCUT2D eigenvalue weighted by molar-refractivity contribution is 7.90. The van der Waals surface area contributed by atoms with Gasteiger partial charge in [-0.15, -0.1) is 15.7 Å². The first kappa shape index (κ1) is 18.1. The number of amides is 1. The van der Waals surface area contributed by atoms with Crippen molar-refractivity contribution >= 4 is 38.8 Å². The summed E-state index contributed by atoms with van der Waals surface area (Å²) < 4.78 is 28.1. The Morgan fingerprint density at radius 3 is 2.68 bits per heavy atom. The lowest BCUT2D eigenvalue weighted by Gasteiger charge is -2.18. The fourth-order valence-electron chi connectivity index (χ4n) is 2.61. The van der Waals surface area contributed by atoms with Gasteiger partial charge in [-0.3, -0.25) is 4.79 Å². The Balaban J connectivity index is 1.46. The molecule has 0 radical (unpaired) electrons. The minimum Gasteiger partial charge on any atom is -0.508 e. The second-order valence-electron chi connectivity index (χ2n) is 5.90. The monoisotopic (exact) mass is 414 g/mol. The maximum Gasteiger partial charge on any atom is 0.286 e. The van der Waals surface area contributed by atoms with Crippen LogP contribution < -0.4 is 10.6 Å². The van der Waals surface area contributed by atoms with Crippen LogP contribution in [-0.4, -0.2) is 36.8 Å². The van der Waals surface area contributed by atoms with Gasteiger partial charge in [0.15, 0.2) is 0 Å². The Labute approximate surface area is 164 Å². The third-order valence-electron chi connectivity index (χ3n) is 3.94. The van der Waals surface area contributed by atoms with Crippen molar-refractivity contribution in [2.45, 2.75) is 4.90 Å². The van der Waals surface area contributed by atoms with E-state index in [1.54, 1.807) is 47.8 Å². The number of carbonyl (C=O) groups is 1. The Bertz CT molecular complexity index is 1180. The van der Waals surface area contributed by atoms with Gasteiger partial charge in [-0.1, -0.05) is 12.1 Å². The third kappa shape index (κ3) is 3.59. The van der Waals surface area contributed by atoms with Crippen LogP contribution in [0.2, 0.25) is 0 Å². The van der Waals surface area contributed by atoms with Gasteiger partial charge in [0.2, 0.25) is 0 Å². The van der Waals surface area contributed by atoms with Crippen molar-refractivity contribution in [3.8, 4) is 16.3 Å². The number of fused-ring (bicyclic) bond motifs is 1. The third-order valence-corrected chi connectivity index (χ3v) is 6.21. The number of hydrogen-bond acceptors (Lipinski definition) is 7. The molecule has 3 N–H and O–H groups in total. The number of thiazole rings is 1. The molecule has 4 rings (SSSR count). The summed E-state index contributed by atoms with van der Waals surface area (Å²) in [6.45, 7) is -0.0849. The zero-order valence-corrected chi connectivity index (χ0v) is 15.9. The molecular weight excluding hydrogens is 400 g/mol. The van der Waals surface area contributed by atoms with E-state index in [1.165, 1.54) is 17.4 Å². The quantitative estimate of drug-likeness (QED) is 0.603. The number of para-hydroxylation sites is 1. The molecule has 1 aliphatic heterocycles. The minimum absolute atomic E-state index is 0.0849. The maximum atomic E-state index is 12.4. The molecule has 2 heterocycles. The molecule has 2 aromatic carbocycles. The molecule has 0 bridgehead atoms. The first-order valence-corrected chi connectivity index (χ1v) is 10.5. The molecule has 1 aromatic heterocycles. The van der Waals surface area contributed by atoms with Crippen LogP contribution in [0.1, 0.15) is 10.5 Å². The average molecular weight is 414 g/mol. The number of nitrogens with zero attached hydrogens (tertiary/aromatic N) is 2. The predicted octanol–water partition coefficient (Wildman–Crippen LogP) is 2.46. The average Bonchev–Trinajstić information content (AvgIpc) is 3.16. The van der Waals surface area contributed by atoms with Crippen LogP contribution >= 0.6 is 11.3 Å². The van der Waals surface area contributed by atoms with Gasteiger partial charge in [-0.2, -0.15) is 8.42 Å². The lowest BCUT2D eigenvalue weighted by molar-refractivity contribution is 0.0955. The molecule has 0 saturated heterocycles. The predicted molar refractivity (Wildman–Crippen MR) is 106 cm³/mol. The number of sulfonamides is 1. The number of phenols is 1. The highest BCUT2D eigenvalue weighted by Crippen LogP contribution is 2.27. The maximum absolute atomic E-state index is 12.4. The number of aromatic nitrogens is 1. The van der Waals surface area contributed by atoms with Gasteiger partial charge >= 0.3 is 0 Å². The van der Waals surface area contributed by atoms with Gasteiger partial charge < -0.3 is 15.7 Å². The van der Waals surface area contributed by atoms with E-state index in [4.69, 9.17) is 0 Å². The largest absolute Gasteiger partial charge is 0.508 e. The summed E-state index contributed by atoms with van der Waals surface area (Å²) >= 11 is 1.29. The second kappa shape index (κ2) is 7.06. The van der Waals surface area contributed by atoms with Gasteiger partial charge in [0.1, 0.15) is 27.2 Å². The first-order chi connectivity index (χ1) is 13.4. The van der Waals surface area contributed by atoms with Crippen LogP contribution in [-0.2, 0) is 10.0 Å². The van der Waals surface area contributed by atoms with E-state index in [-0.39, 0.29) is 28.7 Å². The zero-order valence-electron chi connectivity index (χ0n) is 14.3. The molecule has 0 atom stereocenters. The van der Waals surface area contributed by atoms with Crippen LogP contribution in [0.3, 0.4) is 0 Å². The fourth-order valence-corrected chi connectivity index (χ4v) is 4.57. The van der Waals surface area contributed by atoms with E-state index in [0.717, 1.165) is 5.56 Å². The fraction of sp³-hybridized carbons (Fsp3) is 0.0556. The van der Waals surface area contributed by atoms with Crippen molar-refractivity contribution in [3.05, 3.63) is 59.6 Å². The number of nitrogens with one attached hydrogen (secondary N) is 2. The SMILES string of the molecule is O=C(NCC1=NS(=O)(=O)c2ccccc2N1)c1csc(-c2ccc(O)cc2)n1. The van der Waals surface area contributed by atoms with Gasteiger partial charge in [0, 0.05) is 10.9 Å². The van der Waals surface area contributed by atoms with Crippen molar-refractivity contribution < 1.29 is 18.3 Å². The van der Waals surface area contributed by atoms with Crippen LogP contribution in [0.5, 0.6) is 5.75 Å².